The highest BCUT2D eigenvalue weighted by Crippen LogP contribution is 2.34. The quantitative estimate of drug-likeness (QED) is 0.831. The van der Waals surface area contributed by atoms with E-state index in [2.05, 4.69) is 4.72 Å². The van der Waals surface area contributed by atoms with E-state index in [9.17, 15) is 8.42 Å². The summed E-state index contributed by atoms with van der Waals surface area (Å²) < 4.78 is 26.6. The molecule has 8 heteroatoms. The maximum absolute atomic E-state index is 12.1. The minimum absolute atomic E-state index is 0.0628. The molecule has 19 heavy (non-hydrogen) atoms. The van der Waals surface area contributed by atoms with Crippen LogP contribution in [0.5, 0.6) is 0 Å². The van der Waals surface area contributed by atoms with Crippen LogP contribution < -0.4 is 10.5 Å². The molecular weight excluding hydrogens is 309 g/mol. The number of nitrogens with two attached hydrogens (primary N) is 1. The van der Waals surface area contributed by atoms with Crippen molar-refractivity contribution in [1.29, 1.82) is 5.26 Å². The van der Waals surface area contributed by atoms with Crippen molar-refractivity contribution >= 4 is 38.9 Å². The zero-order chi connectivity index (χ0) is 14.2. The molecule has 0 radical (unpaired) electrons. The molecule has 0 bridgehead atoms. The lowest BCUT2D eigenvalue weighted by Crippen LogP contribution is -2.35. The Kier molecular flexibility index (Phi) is 3.92. The summed E-state index contributed by atoms with van der Waals surface area (Å²) in [6, 6.07) is 3.66. The second-order valence-electron chi connectivity index (χ2n) is 4.37. The van der Waals surface area contributed by atoms with Crippen LogP contribution in [0.15, 0.2) is 17.0 Å². The number of hydrogen-bond donors (Lipinski definition) is 2. The van der Waals surface area contributed by atoms with Crippen LogP contribution in [0, 0.1) is 17.2 Å². The second-order valence-corrected chi connectivity index (χ2v) is 6.89. The van der Waals surface area contributed by atoms with E-state index in [-0.39, 0.29) is 26.5 Å². The average molecular weight is 320 g/mol. The number of halogens is 2. The topological polar surface area (TPSA) is 96.0 Å². The number of nitrogens with zero attached hydrogens (tertiary/aromatic N) is 1. The molecule has 1 aliphatic rings. The van der Waals surface area contributed by atoms with Crippen molar-refractivity contribution in [3.05, 3.63) is 22.2 Å². The van der Waals surface area contributed by atoms with Gasteiger partial charge in [0.05, 0.1) is 26.7 Å². The number of nitriles is 1. The highest BCUT2D eigenvalue weighted by atomic mass is 35.5. The van der Waals surface area contributed by atoms with Gasteiger partial charge in [0, 0.05) is 0 Å². The third-order valence-corrected chi connectivity index (χ3v) is 4.92. The third kappa shape index (κ3) is 3.12. The first-order valence-electron chi connectivity index (χ1n) is 5.51. The monoisotopic (exact) mass is 319 g/mol. The maximum atomic E-state index is 12.1. The molecular formula is C11H11Cl2N3O2S. The normalized spacial score (nSPS) is 16.9. The number of benzene rings is 1. The molecule has 2 rings (SSSR count). The number of anilines is 1. The van der Waals surface area contributed by atoms with Gasteiger partial charge in [0.15, 0.2) is 0 Å². The summed E-state index contributed by atoms with van der Waals surface area (Å²) >= 11 is 11.6. The molecule has 102 valence electrons. The van der Waals surface area contributed by atoms with Crippen molar-refractivity contribution < 1.29 is 8.42 Å². The highest BCUT2D eigenvalue weighted by molar-refractivity contribution is 7.89. The van der Waals surface area contributed by atoms with Crippen LogP contribution in [0.25, 0.3) is 0 Å². The predicted molar refractivity (Wildman–Crippen MR) is 73.3 cm³/mol. The van der Waals surface area contributed by atoms with Crippen molar-refractivity contribution in [2.45, 2.75) is 23.8 Å². The van der Waals surface area contributed by atoms with Crippen molar-refractivity contribution in [1.82, 2.24) is 4.72 Å². The number of rotatable bonds is 4. The molecule has 1 aliphatic carbocycles. The van der Waals surface area contributed by atoms with Gasteiger partial charge >= 0.3 is 0 Å². The van der Waals surface area contributed by atoms with E-state index in [0.29, 0.717) is 0 Å². The molecule has 5 nitrogen and oxygen atoms in total. The molecule has 3 N–H and O–H groups in total. The first kappa shape index (κ1) is 14.4. The Morgan fingerprint density at radius 3 is 2.32 bits per heavy atom. The minimum Gasteiger partial charge on any atom is -0.396 e. The first-order chi connectivity index (χ1) is 8.85. The van der Waals surface area contributed by atoms with Crippen LogP contribution in [-0.2, 0) is 10.0 Å². The van der Waals surface area contributed by atoms with Crippen LogP contribution in [0.2, 0.25) is 10.0 Å². The van der Waals surface area contributed by atoms with Crippen molar-refractivity contribution in [2.75, 3.05) is 5.73 Å². The second kappa shape index (κ2) is 5.17. The minimum atomic E-state index is -3.84. The summed E-state index contributed by atoms with van der Waals surface area (Å²) in [4.78, 5) is -0.0994. The van der Waals surface area contributed by atoms with Gasteiger partial charge in [-0.1, -0.05) is 23.2 Å². The Bertz CT molecular complexity index is 627. The van der Waals surface area contributed by atoms with Crippen LogP contribution in [0.1, 0.15) is 12.8 Å². The zero-order valence-corrected chi connectivity index (χ0v) is 12.1. The molecule has 1 unspecified atom stereocenters. The zero-order valence-electron chi connectivity index (χ0n) is 9.73. The summed E-state index contributed by atoms with van der Waals surface area (Å²) in [6.45, 7) is 0. The summed E-state index contributed by atoms with van der Waals surface area (Å²) in [6.07, 6.45) is 1.70. The fraction of sp³-hybridized carbons (Fsp3) is 0.364. The molecule has 0 saturated heterocycles. The smallest absolute Gasteiger partial charge is 0.241 e. The van der Waals surface area contributed by atoms with E-state index < -0.39 is 16.1 Å². The Labute approximate surface area is 121 Å². The summed E-state index contributed by atoms with van der Waals surface area (Å²) in [7, 11) is -3.84. The number of nitrogen functional groups attached to an aromatic ring is 1. The lowest BCUT2D eigenvalue weighted by atomic mass is 10.2. The summed E-state index contributed by atoms with van der Waals surface area (Å²) in [5, 5.41) is 9.08. The largest absolute Gasteiger partial charge is 0.396 e. The number of nitrogens with one attached hydrogen (secondary N) is 1. The third-order valence-electron chi connectivity index (χ3n) is 2.88. The molecule has 0 aliphatic heterocycles. The highest BCUT2D eigenvalue weighted by Gasteiger charge is 2.34. The van der Waals surface area contributed by atoms with Crippen LogP contribution in [-0.4, -0.2) is 14.5 Å². The molecule has 1 fully saturated rings. The molecule has 0 aromatic heterocycles. The van der Waals surface area contributed by atoms with Gasteiger partial charge in [0.2, 0.25) is 10.0 Å². The van der Waals surface area contributed by atoms with Gasteiger partial charge in [-0.05, 0) is 30.9 Å². The van der Waals surface area contributed by atoms with Crippen LogP contribution in [0.4, 0.5) is 5.69 Å². The van der Waals surface area contributed by atoms with Gasteiger partial charge in [-0.25, -0.2) is 8.42 Å². The fourth-order valence-corrected chi connectivity index (χ4v) is 3.49. The number of sulfonamides is 1. The van der Waals surface area contributed by atoms with E-state index in [1.165, 1.54) is 12.1 Å². The van der Waals surface area contributed by atoms with Gasteiger partial charge in [0.1, 0.15) is 6.04 Å². The lowest BCUT2D eigenvalue weighted by molar-refractivity contribution is 0.560. The molecule has 1 aromatic carbocycles. The fourth-order valence-electron chi connectivity index (χ4n) is 1.61. The standard InChI is InChI=1S/C11H11Cl2N3O2S/c12-8-3-7(4-9(13)11(8)15)19(17,18)16-10(5-14)6-1-2-6/h3-4,6,10,16H,1-2,15H2. The van der Waals surface area contributed by atoms with Crippen molar-refractivity contribution in [2.24, 2.45) is 5.92 Å². The van der Waals surface area contributed by atoms with E-state index in [1.54, 1.807) is 0 Å². The Morgan fingerprint density at radius 1 is 1.37 bits per heavy atom. The van der Waals surface area contributed by atoms with Gasteiger partial charge in [-0.2, -0.15) is 9.98 Å². The van der Waals surface area contributed by atoms with E-state index >= 15 is 0 Å². The molecule has 0 amide bonds. The Balaban J connectivity index is 2.32. The molecule has 1 saturated carbocycles. The Hall–Kier alpha value is -1.00. The lowest BCUT2D eigenvalue weighted by Gasteiger charge is -2.12. The summed E-state index contributed by atoms with van der Waals surface area (Å²) in [5.41, 5.74) is 5.67. The van der Waals surface area contributed by atoms with Crippen molar-refractivity contribution in [3.63, 3.8) is 0 Å². The molecule has 0 heterocycles. The van der Waals surface area contributed by atoms with Gasteiger partial charge in [-0.15, -0.1) is 0 Å². The van der Waals surface area contributed by atoms with Crippen molar-refractivity contribution in [3.8, 4) is 6.07 Å². The van der Waals surface area contributed by atoms with E-state index in [4.69, 9.17) is 34.2 Å². The van der Waals surface area contributed by atoms with E-state index in [1.807, 2.05) is 6.07 Å². The van der Waals surface area contributed by atoms with Gasteiger partial charge in [-0.3, -0.25) is 0 Å². The van der Waals surface area contributed by atoms with Gasteiger partial charge in [0.25, 0.3) is 0 Å². The van der Waals surface area contributed by atoms with Crippen LogP contribution in [0.3, 0.4) is 0 Å². The predicted octanol–water partition coefficient (Wildman–Crippen LogP) is 2.16. The summed E-state index contributed by atoms with van der Waals surface area (Å²) in [5.74, 6) is 0.0829. The number of hydrogen-bond acceptors (Lipinski definition) is 4. The average Bonchev–Trinajstić information content (AvgIpc) is 3.16. The molecule has 1 aromatic rings. The van der Waals surface area contributed by atoms with Gasteiger partial charge < -0.3 is 5.73 Å². The SMILES string of the molecule is N#CC(NS(=O)(=O)c1cc(Cl)c(N)c(Cl)c1)C1CC1. The molecule has 1 atom stereocenters. The van der Waals surface area contributed by atoms with E-state index in [0.717, 1.165) is 12.8 Å². The van der Waals surface area contributed by atoms with Crippen LogP contribution >= 0.6 is 23.2 Å². The Morgan fingerprint density at radius 2 is 1.89 bits per heavy atom. The first-order valence-corrected chi connectivity index (χ1v) is 7.75. The molecule has 0 spiro atoms. The maximum Gasteiger partial charge on any atom is 0.241 e.